The Labute approximate surface area is 130 Å². The summed E-state index contributed by atoms with van der Waals surface area (Å²) >= 11 is 0. The van der Waals surface area contributed by atoms with Gasteiger partial charge in [-0.25, -0.2) is 0 Å². The molecule has 4 heteroatoms. The lowest BCUT2D eigenvalue weighted by atomic mass is 10.2. The summed E-state index contributed by atoms with van der Waals surface area (Å²) in [6, 6.07) is 14.7. The molecule has 0 saturated carbocycles. The smallest absolute Gasteiger partial charge is 0.119 e. The van der Waals surface area contributed by atoms with E-state index < -0.39 is 0 Å². The van der Waals surface area contributed by atoms with Gasteiger partial charge in [0.2, 0.25) is 0 Å². The SMILES string of the molecule is N=Cc1ccc(OC/C=C/COc2ccc(C=N)cc2)cc1. The lowest BCUT2D eigenvalue weighted by Crippen LogP contribution is -1.97. The van der Waals surface area contributed by atoms with E-state index in [1.807, 2.05) is 60.7 Å². The molecule has 0 spiro atoms. The fraction of sp³-hybridized carbons (Fsp3) is 0.111. The zero-order valence-corrected chi connectivity index (χ0v) is 12.2. The third-order valence-electron chi connectivity index (χ3n) is 2.95. The fourth-order valence-electron chi connectivity index (χ4n) is 1.75. The highest BCUT2D eigenvalue weighted by Crippen LogP contribution is 2.12. The third kappa shape index (κ3) is 4.90. The van der Waals surface area contributed by atoms with Gasteiger partial charge in [-0.05, 0) is 71.8 Å². The predicted molar refractivity (Wildman–Crippen MR) is 88.8 cm³/mol. The van der Waals surface area contributed by atoms with Crippen LogP contribution in [-0.4, -0.2) is 25.6 Å². The summed E-state index contributed by atoms with van der Waals surface area (Å²) in [6.07, 6.45) is 6.40. The first-order valence-corrected chi connectivity index (χ1v) is 6.93. The second kappa shape index (κ2) is 8.42. The summed E-state index contributed by atoms with van der Waals surface area (Å²) in [6.45, 7) is 0.945. The van der Waals surface area contributed by atoms with Gasteiger partial charge in [0.1, 0.15) is 24.7 Å². The number of nitrogens with one attached hydrogen (secondary N) is 2. The van der Waals surface area contributed by atoms with Gasteiger partial charge in [0.05, 0.1) is 0 Å². The topological polar surface area (TPSA) is 66.2 Å². The fourth-order valence-corrected chi connectivity index (χ4v) is 1.75. The molecule has 0 bridgehead atoms. The van der Waals surface area contributed by atoms with E-state index in [4.69, 9.17) is 20.3 Å². The Morgan fingerprint density at radius 3 is 1.32 bits per heavy atom. The van der Waals surface area contributed by atoms with Gasteiger partial charge in [-0.3, -0.25) is 0 Å². The summed E-state index contributed by atoms with van der Waals surface area (Å²) in [5.41, 5.74) is 1.70. The van der Waals surface area contributed by atoms with Crippen molar-refractivity contribution in [3.63, 3.8) is 0 Å². The van der Waals surface area contributed by atoms with Gasteiger partial charge in [0.15, 0.2) is 0 Å². The molecule has 0 radical (unpaired) electrons. The highest BCUT2D eigenvalue weighted by Gasteiger charge is 1.93. The molecule has 0 heterocycles. The van der Waals surface area contributed by atoms with Crippen LogP contribution in [0.25, 0.3) is 0 Å². The molecule has 2 aromatic carbocycles. The average Bonchev–Trinajstić information content (AvgIpc) is 2.59. The number of ether oxygens (including phenoxy) is 2. The van der Waals surface area contributed by atoms with Crippen molar-refractivity contribution in [3.8, 4) is 11.5 Å². The summed E-state index contributed by atoms with van der Waals surface area (Å²) in [5.74, 6) is 1.55. The molecular formula is C18H18N2O2. The maximum absolute atomic E-state index is 7.12. The van der Waals surface area contributed by atoms with Gasteiger partial charge in [-0.2, -0.15) is 0 Å². The molecule has 0 aliphatic rings. The van der Waals surface area contributed by atoms with Crippen molar-refractivity contribution in [3.05, 3.63) is 71.8 Å². The third-order valence-corrected chi connectivity index (χ3v) is 2.95. The van der Waals surface area contributed by atoms with Crippen LogP contribution >= 0.6 is 0 Å². The Morgan fingerprint density at radius 1 is 0.636 bits per heavy atom. The van der Waals surface area contributed by atoms with Crippen molar-refractivity contribution >= 4 is 12.4 Å². The number of hydrogen-bond acceptors (Lipinski definition) is 4. The van der Waals surface area contributed by atoms with E-state index in [-0.39, 0.29) is 0 Å². The molecule has 112 valence electrons. The molecule has 22 heavy (non-hydrogen) atoms. The molecule has 2 aromatic rings. The summed E-state index contributed by atoms with van der Waals surface area (Å²) in [5, 5.41) is 14.2. The van der Waals surface area contributed by atoms with Gasteiger partial charge in [0.25, 0.3) is 0 Å². The van der Waals surface area contributed by atoms with Crippen LogP contribution in [0.1, 0.15) is 11.1 Å². The zero-order chi connectivity index (χ0) is 15.6. The molecule has 2 N–H and O–H groups in total. The first-order chi connectivity index (χ1) is 10.8. The van der Waals surface area contributed by atoms with E-state index in [1.165, 1.54) is 12.4 Å². The Morgan fingerprint density at radius 2 is 1.00 bits per heavy atom. The van der Waals surface area contributed by atoms with Crippen LogP contribution in [0, 0.1) is 10.8 Å². The Balaban J connectivity index is 1.68. The van der Waals surface area contributed by atoms with Gasteiger partial charge < -0.3 is 20.3 Å². The monoisotopic (exact) mass is 294 g/mol. The normalized spacial score (nSPS) is 10.4. The largest absolute Gasteiger partial charge is 0.490 e. The minimum absolute atomic E-state index is 0.472. The van der Waals surface area contributed by atoms with Crippen LogP contribution in [0.5, 0.6) is 11.5 Å². The zero-order valence-electron chi connectivity index (χ0n) is 12.2. The molecule has 0 fully saturated rings. The quantitative estimate of drug-likeness (QED) is 0.576. The average molecular weight is 294 g/mol. The van der Waals surface area contributed by atoms with Crippen molar-refractivity contribution in [2.24, 2.45) is 0 Å². The van der Waals surface area contributed by atoms with Crippen LogP contribution in [0.15, 0.2) is 60.7 Å². The first-order valence-electron chi connectivity index (χ1n) is 6.93. The second-order valence-corrected chi connectivity index (χ2v) is 4.52. The van der Waals surface area contributed by atoms with Crippen LogP contribution in [0.4, 0.5) is 0 Å². The predicted octanol–water partition coefficient (Wildman–Crippen LogP) is 3.70. The Hall–Kier alpha value is -2.88. The summed E-state index contributed by atoms with van der Waals surface area (Å²) in [4.78, 5) is 0. The van der Waals surface area contributed by atoms with Crippen LogP contribution < -0.4 is 9.47 Å². The molecule has 0 saturated heterocycles. The molecule has 0 unspecified atom stereocenters. The van der Waals surface area contributed by atoms with Crippen molar-refractivity contribution in [1.29, 1.82) is 10.8 Å². The molecule has 0 aliphatic heterocycles. The highest BCUT2D eigenvalue weighted by atomic mass is 16.5. The second-order valence-electron chi connectivity index (χ2n) is 4.52. The van der Waals surface area contributed by atoms with Gasteiger partial charge in [-0.1, -0.05) is 0 Å². The van der Waals surface area contributed by atoms with E-state index in [0.29, 0.717) is 13.2 Å². The molecule has 2 rings (SSSR count). The van der Waals surface area contributed by atoms with Crippen LogP contribution in [-0.2, 0) is 0 Å². The van der Waals surface area contributed by atoms with E-state index in [9.17, 15) is 0 Å². The van der Waals surface area contributed by atoms with E-state index in [1.54, 1.807) is 0 Å². The minimum Gasteiger partial charge on any atom is -0.490 e. The lowest BCUT2D eigenvalue weighted by Gasteiger charge is -2.04. The maximum atomic E-state index is 7.12. The van der Waals surface area contributed by atoms with Gasteiger partial charge in [-0.15, -0.1) is 0 Å². The van der Waals surface area contributed by atoms with Crippen LogP contribution in [0.2, 0.25) is 0 Å². The number of hydrogen-bond donors (Lipinski definition) is 2. The molecule has 4 nitrogen and oxygen atoms in total. The lowest BCUT2D eigenvalue weighted by molar-refractivity contribution is 0.350. The summed E-state index contributed by atoms with van der Waals surface area (Å²) < 4.78 is 11.1. The minimum atomic E-state index is 0.472. The van der Waals surface area contributed by atoms with Gasteiger partial charge >= 0.3 is 0 Å². The first kappa shape index (κ1) is 15.5. The molecule has 0 aliphatic carbocycles. The van der Waals surface area contributed by atoms with Gasteiger partial charge in [0, 0.05) is 12.4 Å². The van der Waals surface area contributed by atoms with E-state index >= 15 is 0 Å². The standard InChI is InChI=1S/C18H18N2O2/c19-13-15-3-7-17(8-4-15)21-11-1-2-12-22-18-9-5-16(14-20)6-10-18/h1-10,13-14,19-20H,11-12H2/b2-1+,19-13?,20-14?. The van der Waals surface area contributed by atoms with E-state index in [2.05, 4.69) is 0 Å². The van der Waals surface area contributed by atoms with Crippen molar-refractivity contribution < 1.29 is 9.47 Å². The Kier molecular flexibility index (Phi) is 5.93. The number of rotatable bonds is 8. The molecule has 0 amide bonds. The molecule has 0 atom stereocenters. The molecular weight excluding hydrogens is 276 g/mol. The van der Waals surface area contributed by atoms with Crippen molar-refractivity contribution in [2.45, 2.75) is 0 Å². The summed E-state index contributed by atoms with van der Waals surface area (Å²) in [7, 11) is 0. The highest BCUT2D eigenvalue weighted by molar-refractivity contribution is 5.77. The van der Waals surface area contributed by atoms with Crippen molar-refractivity contribution in [2.75, 3.05) is 13.2 Å². The maximum Gasteiger partial charge on any atom is 0.119 e. The van der Waals surface area contributed by atoms with E-state index in [0.717, 1.165) is 22.6 Å². The Bertz CT molecular complexity index is 574. The van der Waals surface area contributed by atoms with Crippen LogP contribution in [0.3, 0.4) is 0 Å². The number of benzene rings is 2. The van der Waals surface area contributed by atoms with Crippen molar-refractivity contribution in [1.82, 2.24) is 0 Å². The molecule has 0 aromatic heterocycles.